The quantitative estimate of drug-likeness (QED) is 0.564. The number of halogens is 1. The Kier molecular flexibility index (Phi) is 4.15. The highest BCUT2D eigenvalue weighted by molar-refractivity contribution is 5.15. The molecule has 0 saturated heterocycles. The van der Waals surface area contributed by atoms with Crippen molar-refractivity contribution in [3.8, 4) is 0 Å². The molecule has 0 aromatic rings. The topological polar surface area (TPSA) is 0 Å². The van der Waals surface area contributed by atoms with Gasteiger partial charge < -0.3 is 0 Å². The summed E-state index contributed by atoms with van der Waals surface area (Å²) in [4.78, 5) is 0. The van der Waals surface area contributed by atoms with Crippen molar-refractivity contribution in [3.63, 3.8) is 0 Å². The normalized spacial score (nSPS) is 29.0. The van der Waals surface area contributed by atoms with E-state index < -0.39 is 6.17 Å². The SMILES string of the molecule is CCCC1(C[C@@H](F)CC)C=C(C)CC1. The van der Waals surface area contributed by atoms with Crippen LogP contribution in [0.4, 0.5) is 4.39 Å². The van der Waals surface area contributed by atoms with Crippen molar-refractivity contribution in [2.45, 2.75) is 65.5 Å². The van der Waals surface area contributed by atoms with Gasteiger partial charge in [0.1, 0.15) is 6.17 Å². The van der Waals surface area contributed by atoms with Crippen LogP contribution in [0.2, 0.25) is 0 Å². The lowest BCUT2D eigenvalue weighted by Gasteiger charge is -2.28. The van der Waals surface area contributed by atoms with Crippen LogP contribution in [0.3, 0.4) is 0 Å². The molecule has 0 fully saturated rings. The van der Waals surface area contributed by atoms with E-state index in [2.05, 4.69) is 19.9 Å². The molecule has 1 heteroatoms. The lowest BCUT2D eigenvalue weighted by molar-refractivity contribution is 0.199. The molecule has 0 aromatic heterocycles. The van der Waals surface area contributed by atoms with Gasteiger partial charge in [-0.1, -0.05) is 31.9 Å². The van der Waals surface area contributed by atoms with E-state index in [-0.39, 0.29) is 5.41 Å². The van der Waals surface area contributed by atoms with Crippen LogP contribution in [0.1, 0.15) is 59.3 Å². The summed E-state index contributed by atoms with van der Waals surface area (Å²) in [6.45, 7) is 6.31. The highest BCUT2D eigenvalue weighted by Crippen LogP contribution is 2.44. The number of alkyl halides is 1. The Balaban J connectivity index is 2.63. The maximum atomic E-state index is 13.4. The molecule has 1 unspecified atom stereocenters. The molecule has 1 aliphatic rings. The van der Waals surface area contributed by atoms with Crippen LogP contribution >= 0.6 is 0 Å². The molecule has 0 nitrogen and oxygen atoms in total. The zero-order valence-corrected chi connectivity index (χ0v) is 9.78. The summed E-state index contributed by atoms with van der Waals surface area (Å²) >= 11 is 0. The van der Waals surface area contributed by atoms with E-state index in [9.17, 15) is 4.39 Å². The Morgan fingerprint density at radius 3 is 2.64 bits per heavy atom. The second-order valence-electron chi connectivity index (χ2n) is 4.81. The third-order valence-electron chi connectivity index (χ3n) is 3.39. The maximum Gasteiger partial charge on any atom is 0.101 e. The predicted molar refractivity (Wildman–Crippen MR) is 60.1 cm³/mol. The van der Waals surface area contributed by atoms with Gasteiger partial charge in [-0.15, -0.1) is 0 Å². The molecular formula is C13H23F. The number of rotatable bonds is 5. The van der Waals surface area contributed by atoms with Gasteiger partial charge in [-0.2, -0.15) is 0 Å². The predicted octanol–water partition coefficient (Wildman–Crippen LogP) is 4.65. The molecule has 0 aliphatic heterocycles. The van der Waals surface area contributed by atoms with Crippen molar-refractivity contribution >= 4 is 0 Å². The average molecular weight is 198 g/mol. The molecule has 2 atom stereocenters. The van der Waals surface area contributed by atoms with Gasteiger partial charge in [-0.25, -0.2) is 4.39 Å². The van der Waals surface area contributed by atoms with Crippen molar-refractivity contribution in [1.82, 2.24) is 0 Å². The minimum absolute atomic E-state index is 0.203. The summed E-state index contributed by atoms with van der Waals surface area (Å²) in [5, 5.41) is 0. The van der Waals surface area contributed by atoms with Gasteiger partial charge in [-0.05, 0) is 44.4 Å². The van der Waals surface area contributed by atoms with Gasteiger partial charge in [0.2, 0.25) is 0 Å². The van der Waals surface area contributed by atoms with Crippen LogP contribution in [0, 0.1) is 5.41 Å². The monoisotopic (exact) mass is 198 g/mol. The van der Waals surface area contributed by atoms with Crippen molar-refractivity contribution in [2.75, 3.05) is 0 Å². The molecule has 0 spiro atoms. The Hall–Kier alpha value is -0.330. The molecule has 0 N–H and O–H groups in total. The first-order valence-electron chi connectivity index (χ1n) is 5.94. The second-order valence-corrected chi connectivity index (χ2v) is 4.81. The minimum Gasteiger partial charge on any atom is -0.247 e. The molecule has 0 radical (unpaired) electrons. The van der Waals surface area contributed by atoms with E-state index in [1.54, 1.807) is 0 Å². The third kappa shape index (κ3) is 2.83. The van der Waals surface area contributed by atoms with Crippen molar-refractivity contribution in [2.24, 2.45) is 5.41 Å². The zero-order valence-electron chi connectivity index (χ0n) is 9.78. The Morgan fingerprint density at radius 2 is 2.21 bits per heavy atom. The second kappa shape index (κ2) is 4.95. The van der Waals surface area contributed by atoms with Crippen molar-refractivity contribution in [3.05, 3.63) is 11.6 Å². The van der Waals surface area contributed by atoms with Crippen LogP contribution in [0.25, 0.3) is 0 Å². The molecule has 14 heavy (non-hydrogen) atoms. The Morgan fingerprint density at radius 1 is 1.50 bits per heavy atom. The van der Waals surface area contributed by atoms with Gasteiger partial charge in [0.25, 0.3) is 0 Å². The fourth-order valence-electron chi connectivity index (χ4n) is 2.66. The first kappa shape index (κ1) is 11.7. The zero-order chi connectivity index (χ0) is 10.6. The molecule has 0 amide bonds. The average Bonchev–Trinajstić information content (AvgIpc) is 2.48. The summed E-state index contributed by atoms with van der Waals surface area (Å²) in [6.07, 6.45) is 7.82. The van der Waals surface area contributed by atoms with E-state index in [1.807, 2.05) is 6.92 Å². The van der Waals surface area contributed by atoms with Crippen LogP contribution in [-0.4, -0.2) is 6.17 Å². The van der Waals surface area contributed by atoms with Crippen LogP contribution in [-0.2, 0) is 0 Å². The summed E-state index contributed by atoms with van der Waals surface area (Å²) in [7, 11) is 0. The first-order chi connectivity index (χ1) is 6.62. The minimum atomic E-state index is -0.608. The molecule has 0 saturated carbocycles. The molecule has 0 aromatic carbocycles. The standard InChI is InChI=1S/C13H23F/c1-4-7-13(10-12(14)5-2)8-6-11(3)9-13/h9,12H,4-8,10H2,1-3H3/t12-,13?/m0/s1. The molecule has 0 bridgehead atoms. The largest absolute Gasteiger partial charge is 0.247 e. The maximum absolute atomic E-state index is 13.4. The number of hydrogen-bond donors (Lipinski definition) is 0. The smallest absolute Gasteiger partial charge is 0.101 e. The molecule has 0 heterocycles. The molecule has 1 rings (SSSR count). The van der Waals surface area contributed by atoms with Gasteiger partial charge >= 0.3 is 0 Å². The third-order valence-corrected chi connectivity index (χ3v) is 3.39. The first-order valence-corrected chi connectivity index (χ1v) is 5.94. The number of allylic oxidation sites excluding steroid dienone is 2. The fourth-order valence-corrected chi connectivity index (χ4v) is 2.66. The van der Waals surface area contributed by atoms with Crippen molar-refractivity contribution < 1.29 is 4.39 Å². The Bertz CT molecular complexity index is 207. The van der Waals surface area contributed by atoms with Gasteiger partial charge in [-0.3, -0.25) is 0 Å². The highest BCUT2D eigenvalue weighted by atomic mass is 19.1. The van der Waals surface area contributed by atoms with Crippen LogP contribution in [0.5, 0.6) is 0 Å². The van der Waals surface area contributed by atoms with E-state index in [1.165, 1.54) is 24.8 Å². The van der Waals surface area contributed by atoms with Crippen LogP contribution in [0.15, 0.2) is 11.6 Å². The van der Waals surface area contributed by atoms with Gasteiger partial charge in [0.15, 0.2) is 0 Å². The van der Waals surface area contributed by atoms with Gasteiger partial charge in [0, 0.05) is 0 Å². The number of hydrogen-bond acceptors (Lipinski definition) is 0. The fraction of sp³-hybridized carbons (Fsp3) is 0.846. The van der Waals surface area contributed by atoms with Gasteiger partial charge in [0.05, 0.1) is 0 Å². The van der Waals surface area contributed by atoms with E-state index in [0.717, 1.165) is 12.8 Å². The Labute approximate surface area is 87.6 Å². The van der Waals surface area contributed by atoms with Crippen LogP contribution < -0.4 is 0 Å². The van der Waals surface area contributed by atoms with Crippen molar-refractivity contribution in [1.29, 1.82) is 0 Å². The molecule has 1 aliphatic carbocycles. The lowest BCUT2D eigenvalue weighted by atomic mass is 9.78. The van der Waals surface area contributed by atoms with E-state index in [4.69, 9.17) is 0 Å². The van der Waals surface area contributed by atoms with E-state index in [0.29, 0.717) is 6.42 Å². The summed E-state index contributed by atoms with van der Waals surface area (Å²) < 4.78 is 13.4. The lowest BCUT2D eigenvalue weighted by Crippen LogP contribution is -2.20. The molecule has 82 valence electrons. The summed E-state index contributed by atoms with van der Waals surface area (Å²) in [6, 6.07) is 0. The highest BCUT2D eigenvalue weighted by Gasteiger charge is 2.33. The molecular weight excluding hydrogens is 175 g/mol. The summed E-state index contributed by atoms with van der Waals surface area (Å²) in [5.74, 6) is 0. The summed E-state index contributed by atoms with van der Waals surface area (Å²) in [5.41, 5.74) is 1.66. The van der Waals surface area contributed by atoms with E-state index >= 15 is 0 Å².